The van der Waals surface area contributed by atoms with Crippen LogP contribution < -0.4 is 5.32 Å². The fourth-order valence-electron chi connectivity index (χ4n) is 1.23. The largest absolute Gasteiger partial charge is 0.307 e. The van der Waals surface area contributed by atoms with Gasteiger partial charge in [-0.15, -0.1) is 0 Å². The number of aldehydes is 1. The highest BCUT2D eigenvalue weighted by Gasteiger charge is 2.08. The molecule has 0 amide bonds. The maximum absolute atomic E-state index is 10.6. The molecule has 12 heavy (non-hydrogen) atoms. The van der Waals surface area contributed by atoms with Crippen LogP contribution >= 0.6 is 0 Å². The van der Waals surface area contributed by atoms with Gasteiger partial charge in [-0.3, -0.25) is 0 Å². The second-order valence-corrected chi connectivity index (χ2v) is 2.76. The number of hydrogen-bond donors (Lipinski definition) is 1. The minimum absolute atomic E-state index is 0.175. The molecular formula is C10H13NO. The van der Waals surface area contributed by atoms with Gasteiger partial charge in [-0.25, -0.2) is 0 Å². The predicted octanol–water partition coefficient (Wildman–Crippen LogP) is 1.45. The molecular weight excluding hydrogens is 150 g/mol. The average Bonchev–Trinajstić information content (AvgIpc) is 2.10. The number of carbonyl (C=O) groups excluding carboxylic acids is 1. The first kappa shape index (κ1) is 8.94. The summed E-state index contributed by atoms with van der Waals surface area (Å²) in [5, 5.41) is 2.94. The molecule has 0 radical (unpaired) electrons. The van der Waals surface area contributed by atoms with Gasteiger partial charge in [0, 0.05) is 0 Å². The van der Waals surface area contributed by atoms with Crippen molar-refractivity contribution in [1.82, 2.24) is 5.32 Å². The number of likely N-dealkylation sites (N-methyl/N-ethyl adjacent to an activating group) is 1. The maximum Gasteiger partial charge on any atom is 0.141 e. The van der Waals surface area contributed by atoms with Crippen LogP contribution in [0.25, 0.3) is 0 Å². The van der Waals surface area contributed by atoms with Crippen LogP contribution in [0.5, 0.6) is 0 Å². The third kappa shape index (κ3) is 1.71. The van der Waals surface area contributed by atoms with Crippen LogP contribution in [-0.2, 0) is 4.79 Å². The molecule has 0 bridgehead atoms. The number of benzene rings is 1. The lowest BCUT2D eigenvalue weighted by atomic mass is 10.0. The van der Waals surface area contributed by atoms with E-state index in [0.29, 0.717) is 0 Å². The Morgan fingerprint density at radius 1 is 1.42 bits per heavy atom. The topological polar surface area (TPSA) is 29.1 Å². The van der Waals surface area contributed by atoms with Gasteiger partial charge in [-0.1, -0.05) is 24.3 Å². The average molecular weight is 163 g/mol. The molecule has 1 aromatic rings. The Balaban J connectivity index is 3.00. The van der Waals surface area contributed by atoms with Crippen molar-refractivity contribution in [2.45, 2.75) is 13.0 Å². The molecule has 2 heteroatoms. The Kier molecular flexibility index (Phi) is 3.00. The standard InChI is InChI=1S/C10H13NO/c1-8-5-3-4-6-9(8)10(7-12)11-2/h3-7,10-11H,1-2H3. The summed E-state index contributed by atoms with van der Waals surface area (Å²) in [6, 6.07) is 7.70. The lowest BCUT2D eigenvalue weighted by Crippen LogP contribution is -2.18. The lowest BCUT2D eigenvalue weighted by molar-refractivity contribution is -0.109. The first-order valence-electron chi connectivity index (χ1n) is 3.97. The molecule has 0 aliphatic heterocycles. The van der Waals surface area contributed by atoms with Crippen molar-refractivity contribution in [2.24, 2.45) is 0 Å². The second-order valence-electron chi connectivity index (χ2n) is 2.76. The van der Waals surface area contributed by atoms with Gasteiger partial charge in [0.15, 0.2) is 0 Å². The van der Waals surface area contributed by atoms with Crippen LogP contribution in [-0.4, -0.2) is 13.3 Å². The molecule has 1 aromatic carbocycles. The molecule has 1 unspecified atom stereocenters. The van der Waals surface area contributed by atoms with E-state index in [4.69, 9.17) is 0 Å². The first-order valence-corrected chi connectivity index (χ1v) is 3.97. The molecule has 1 N–H and O–H groups in total. The van der Waals surface area contributed by atoms with Crippen molar-refractivity contribution in [3.05, 3.63) is 35.4 Å². The van der Waals surface area contributed by atoms with E-state index < -0.39 is 0 Å². The SMILES string of the molecule is CNC(C=O)c1ccccc1C. The third-order valence-corrected chi connectivity index (χ3v) is 1.97. The minimum atomic E-state index is -0.175. The molecule has 0 saturated carbocycles. The Hall–Kier alpha value is -1.15. The third-order valence-electron chi connectivity index (χ3n) is 1.97. The van der Waals surface area contributed by atoms with Gasteiger partial charge in [0.1, 0.15) is 6.29 Å². The van der Waals surface area contributed by atoms with E-state index in [2.05, 4.69) is 5.32 Å². The van der Waals surface area contributed by atoms with Crippen LogP contribution in [0.2, 0.25) is 0 Å². The van der Waals surface area contributed by atoms with Crippen molar-refractivity contribution >= 4 is 6.29 Å². The van der Waals surface area contributed by atoms with Crippen molar-refractivity contribution in [1.29, 1.82) is 0 Å². The van der Waals surface area contributed by atoms with Gasteiger partial charge in [0.25, 0.3) is 0 Å². The Morgan fingerprint density at radius 2 is 2.08 bits per heavy atom. The predicted molar refractivity (Wildman–Crippen MR) is 49.0 cm³/mol. The van der Waals surface area contributed by atoms with Crippen molar-refractivity contribution in [2.75, 3.05) is 7.05 Å². The number of aryl methyl sites for hydroxylation is 1. The Bertz CT molecular complexity index is 270. The van der Waals surface area contributed by atoms with Crippen LogP contribution in [0.15, 0.2) is 24.3 Å². The zero-order valence-electron chi connectivity index (χ0n) is 7.37. The van der Waals surface area contributed by atoms with Gasteiger partial charge >= 0.3 is 0 Å². The fraction of sp³-hybridized carbons (Fsp3) is 0.300. The van der Waals surface area contributed by atoms with E-state index >= 15 is 0 Å². The summed E-state index contributed by atoms with van der Waals surface area (Å²) in [6.45, 7) is 2.00. The van der Waals surface area contributed by atoms with Crippen molar-refractivity contribution in [3.8, 4) is 0 Å². The van der Waals surface area contributed by atoms with Gasteiger partial charge in [-0.05, 0) is 25.1 Å². The number of carbonyl (C=O) groups is 1. The van der Waals surface area contributed by atoms with Gasteiger partial charge < -0.3 is 10.1 Å². The molecule has 2 nitrogen and oxygen atoms in total. The smallest absolute Gasteiger partial charge is 0.141 e. The van der Waals surface area contributed by atoms with E-state index in [1.807, 2.05) is 31.2 Å². The quantitative estimate of drug-likeness (QED) is 0.683. The highest BCUT2D eigenvalue weighted by Crippen LogP contribution is 2.14. The summed E-state index contributed by atoms with van der Waals surface area (Å²) in [5.41, 5.74) is 2.19. The number of nitrogens with one attached hydrogen (secondary N) is 1. The van der Waals surface area contributed by atoms with Gasteiger partial charge in [0.2, 0.25) is 0 Å². The molecule has 0 saturated heterocycles. The van der Waals surface area contributed by atoms with Crippen LogP contribution in [0.1, 0.15) is 17.2 Å². The summed E-state index contributed by atoms with van der Waals surface area (Å²) in [5.74, 6) is 0. The van der Waals surface area contributed by atoms with E-state index in [1.165, 1.54) is 0 Å². The molecule has 0 aromatic heterocycles. The summed E-state index contributed by atoms with van der Waals surface area (Å²) < 4.78 is 0. The monoisotopic (exact) mass is 163 g/mol. The van der Waals surface area contributed by atoms with E-state index in [1.54, 1.807) is 7.05 Å². The van der Waals surface area contributed by atoms with E-state index in [0.717, 1.165) is 17.4 Å². The molecule has 0 heterocycles. The molecule has 0 spiro atoms. The lowest BCUT2D eigenvalue weighted by Gasteiger charge is -2.11. The Morgan fingerprint density at radius 3 is 2.58 bits per heavy atom. The molecule has 1 atom stereocenters. The van der Waals surface area contributed by atoms with Crippen LogP contribution in [0, 0.1) is 6.92 Å². The van der Waals surface area contributed by atoms with Gasteiger partial charge in [0.05, 0.1) is 6.04 Å². The second kappa shape index (κ2) is 4.02. The van der Waals surface area contributed by atoms with Gasteiger partial charge in [-0.2, -0.15) is 0 Å². The van der Waals surface area contributed by atoms with Crippen LogP contribution in [0.4, 0.5) is 0 Å². The van der Waals surface area contributed by atoms with E-state index in [9.17, 15) is 4.79 Å². The number of rotatable bonds is 3. The molecule has 1 rings (SSSR count). The maximum atomic E-state index is 10.6. The number of hydrogen-bond acceptors (Lipinski definition) is 2. The Labute approximate surface area is 72.6 Å². The highest BCUT2D eigenvalue weighted by molar-refractivity contribution is 5.62. The first-order chi connectivity index (χ1) is 5.79. The van der Waals surface area contributed by atoms with E-state index in [-0.39, 0.29) is 6.04 Å². The normalized spacial score (nSPS) is 12.5. The van der Waals surface area contributed by atoms with Crippen LogP contribution in [0.3, 0.4) is 0 Å². The minimum Gasteiger partial charge on any atom is -0.307 e. The fourth-order valence-corrected chi connectivity index (χ4v) is 1.23. The van der Waals surface area contributed by atoms with Crippen molar-refractivity contribution in [3.63, 3.8) is 0 Å². The molecule has 64 valence electrons. The molecule has 0 aliphatic carbocycles. The molecule has 0 fully saturated rings. The summed E-state index contributed by atoms with van der Waals surface area (Å²) >= 11 is 0. The summed E-state index contributed by atoms with van der Waals surface area (Å²) in [6.07, 6.45) is 0.919. The van der Waals surface area contributed by atoms with Crippen molar-refractivity contribution < 1.29 is 4.79 Å². The zero-order chi connectivity index (χ0) is 8.97. The zero-order valence-corrected chi connectivity index (χ0v) is 7.37. The molecule has 0 aliphatic rings. The highest BCUT2D eigenvalue weighted by atomic mass is 16.1. The summed E-state index contributed by atoms with van der Waals surface area (Å²) in [4.78, 5) is 10.6. The summed E-state index contributed by atoms with van der Waals surface area (Å²) in [7, 11) is 1.78.